The number of fused-ring (bicyclic) bond motifs is 1. The van der Waals surface area contributed by atoms with Gasteiger partial charge < -0.3 is 14.5 Å². The summed E-state index contributed by atoms with van der Waals surface area (Å²) in [5, 5.41) is 0. The molecule has 2 amide bonds. The second kappa shape index (κ2) is 6.06. The van der Waals surface area contributed by atoms with Crippen molar-refractivity contribution < 1.29 is 9.53 Å². The van der Waals surface area contributed by atoms with Gasteiger partial charge in [-0.15, -0.1) is 0 Å². The number of carbonyl (C=O) groups excluding carboxylic acids is 1. The first-order valence-electron chi connectivity index (χ1n) is 7.93. The highest BCUT2D eigenvalue weighted by molar-refractivity contribution is 5.75. The highest BCUT2D eigenvalue weighted by Gasteiger charge is 2.32. The van der Waals surface area contributed by atoms with Crippen molar-refractivity contribution in [2.24, 2.45) is 0 Å². The normalized spacial score (nSPS) is 22.1. The third-order valence-electron chi connectivity index (χ3n) is 4.57. The van der Waals surface area contributed by atoms with Crippen molar-refractivity contribution >= 4 is 6.03 Å². The molecule has 0 aromatic heterocycles. The van der Waals surface area contributed by atoms with E-state index in [1.54, 1.807) is 0 Å². The summed E-state index contributed by atoms with van der Waals surface area (Å²) < 4.78 is 5.35. The molecule has 0 N–H and O–H groups in total. The molecule has 0 bridgehead atoms. The van der Waals surface area contributed by atoms with Gasteiger partial charge in [0.25, 0.3) is 0 Å². The van der Waals surface area contributed by atoms with E-state index in [-0.39, 0.29) is 12.1 Å². The van der Waals surface area contributed by atoms with Crippen LogP contribution in [0.25, 0.3) is 0 Å². The van der Waals surface area contributed by atoms with E-state index in [1.807, 2.05) is 4.90 Å². The van der Waals surface area contributed by atoms with Crippen molar-refractivity contribution in [2.75, 3.05) is 32.8 Å². The van der Waals surface area contributed by atoms with Crippen LogP contribution in [-0.2, 0) is 11.2 Å². The maximum Gasteiger partial charge on any atom is 0.320 e. The van der Waals surface area contributed by atoms with Crippen LogP contribution >= 0.6 is 0 Å². The minimum atomic E-state index is 0.177. The Morgan fingerprint density at radius 1 is 1.29 bits per heavy atom. The van der Waals surface area contributed by atoms with Gasteiger partial charge in [0.2, 0.25) is 0 Å². The lowest BCUT2D eigenvalue weighted by molar-refractivity contribution is 0.0379. The Balaban J connectivity index is 1.83. The molecule has 0 spiro atoms. The number of aryl methyl sites for hydroxylation is 1. The van der Waals surface area contributed by atoms with Crippen LogP contribution in [0.4, 0.5) is 4.79 Å². The highest BCUT2D eigenvalue weighted by atomic mass is 16.5. The topological polar surface area (TPSA) is 32.8 Å². The molecule has 1 fully saturated rings. The molecule has 21 heavy (non-hydrogen) atoms. The number of hydrogen-bond donors (Lipinski definition) is 0. The molecule has 2 aliphatic rings. The Morgan fingerprint density at radius 2 is 2.05 bits per heavy atom. The van der Waals surface area contributed by atoms with Crippen molar-refractivity contribution in [1.29, 1.82) is 0 Å². The van der Waals surface area contributed by atoms with E-state index in [4.69, 9.17) is 4.74 Å². The molecule has 1 saturated heterocycles. The first-order valence-corrected chi connectivity index (χ1v) is 7.93. The second-order valence-corrected chi connectivity index (χ2v) is 5.95. The summed E-state index contributed by atoms with van der Waals surface area (Å²) in [6, 6.07) is 7.03. The fraction of sp³-hybridized carbons (Fsp3) is 0.588. The summed E-state index contributed by atoms with van der Waals surface area (Å²) in [6.45, 7) is 7.87. The molecule has 1 unspecified atom stereocenters. The van der Waals surface area contributed by atoms with Crippen LogP contribution in [0.1, 0.15) is 36.1 Å². The highest BCUT2D eigenvalue weighted by Crippen LogP contribution is 2.33. The van der Waals surface area contributed by atoms with Crippen LogP contribution < -0.4 is 0 Å². The van der Waals surface area contributed by atoms with E-state index in [2.05, 4.69) is 36.9 Å². The maximum absolute atomic E-state index is 12.8. The van der Waals surface area contributed by atoms with Crippen molar-refractivity contribution in [3.05, 3.63) is 34.9 Å². The molecule has 4 heteroatoms. The summed E-state index contributed by atoms with van der Waals surface area (Å²) in [5.74, 6) is 0. The minimum Gasteiger partial charge on any atom is -0.378 e. The summed E-state index contributed by atoms with van der Waals surface area (Å²) in [4.78, 5) is 16.8. The first kappa shape index (κ1) is 14.4. The molecule has 1 aromatic carbocycles. The number of nitrogens with zero attached hydrogens (tertiary/aromatic N) is 2. The van der Waals surface area contributed by atoms with Crippen LogP contribution in [0.3, 0.4) is 0 Å². The molecule has 1 atom stereocenters. The average Bonchev–Trinajstić information content (AvgIpc) is 2.53. The zero-order valence-electron chi connectivity index (χ0n) is 13.0. The van der Waals surface area contributed by atoms with E-state index in [9.17, 15) is 4.79 Å². The first-order chi connectivity index (χ1) is 10.2. The van der Waals surface area contributed by atoms with Crippen LogP contribution in [0.5, 0.6) is 0 Å². The Bertz CT molecular complexity index is 524. The summed E-state index contributed by atoms with van der Waals surface area (Å²) in [7, 11) is 0. The molecule has 114 valence electrons. The van der Waals surface area contributed by atoms with Crippen LogP contribution in [0.2, 0.25) is 0 Å². The monoisotopic (exact) mass is 288 g/mol. The molecule has 2 heterocycles. The van der Waals surface area contributed by atoms with Crippen molar-refractivity contribution in [2.45, 2.75) is 32.7 Å². The molecule has 0 saturated carbocycles. The number of ether oxygens (including phenoxy) is 1. The van der Waals surface area contributed by atoms with Gasteiger partial charge in [-0.3, -0.25) is 0 Å². The Kier molecular flexibility index (Phi) is 4.15. The van der Waals surface area contributed by atoms with Gasteiger partial charge in [0, 0.05) is 19.6 Å². The van der Waals surface area contributed by atoms with Gasteiger partial charge in [0.15, 0.2) is 0 Å². The lowest BCUT2D eigenvalue weighted by atomic mass is 9.90. The lowest BCUT2D eigenvalue weighted by Crippen LogP contribution is -2.51. The largest absolute Gasteiger partial charge is 0.378 e. The van der Waals surface area contributed by atoms with Gasteiger partial charge in [-0.25, -0.2) is 4.79 Å². The Morgan fingerprint density at radius 3 is 2.76 bits per heavy atom. The zero-order chi connectivity index (χ0) is 14.8. The Hall–Kier alpha value is -1.55. The number of carbonyl (C=O) groups is 1. The van der Waals surface area contributed by atoms with Gasteiger partial charge in [0.05, 0.1) is 19.3 Å². The van der Waals surface area contributed by atoms with Gasteiger partial charge >= 0.3 is 6.03 Å². The number of rotatable bonds is 1. The minimum absolute atomic E-state index is 0.177. The molecular weight excluding hydrogens is 264 g/mol. The summed E-state index contributed by atoms with van der Waals surface area (Å²) in [5.41, 5.74) is 4.04. The predicted molar refractivity (Wildman–Crippen MR) is 82.4 cm³/mol. The van der Waals surface area contributed by atoms with E-state index in [1.165, 1.54) is 16.7 Å². The molecule has 2 aliphatic heterocycles. The summed E-state index contributed by atoms with van der Waals surface area (Å²) >= 11 is 0. The fourth-order valence-corrected chi connectivity index (χ4v) is 3.45. The average molecular weight is 288 g/mol. The molecule has 4 nitrogen and oxygen atoms in total. The molecule has 3 rings (SSSR count). The van der Waals surface area contributed by atoms with E-state index in [0.717, 1.165) is 19.4 Å². The lowest BCUT2D eigenvalue weighted by Gasteiger charge is -2.41. The van der Waals surface area contributed by atoms with Crippen molar-refractivity contribution in [3.8, 4) is 0 Å². The van der Waals surface area contributed by atoms with Crippen LogP contribution in [-0.4, -0.2) is 48.7 Å². The quantitative estimate of drug-likeness (QED) is 0.796. The maximum atomic E-state index is 12.8. The standard InChI is InChI=1S/C17H24N2O2/c1-3-16-15-5-4-13(2)12-14(15)6-7-19(16)17(20)18-8-10-21-11-9-18/h4-5,12,16H,3,6-11H2,1-2H3. The van der Waals surface area contributed by atoms with E-state index >= 15 is 0 Å². The third kappa shape index (κ3) is 2.77. The molecule has 0 radical (unpaired) electrons. The van der Waals surface area contributed by atoms with Crippen LogP contribution in [0, 0.1) is 6.92 Å². The number of morpholine rings is 1. The van der Waals surface area contributed by atoms with Crippen LogP contribution in [0.15, 0.2) is 18.2 Å². The third-order valence-corrected chi connectivity index (χ3v) is 4.57. The summed E-state index contributed by atoms with van der Waals surface area (Å²) in [6.07, 6.45) is 1.93. The number of hydrogen-bond acceptors (Lipinski definition) is 2. The second-order valence-electron chi connectivity index (χ2n) is 5.95. The molecule has 0 aliphatic carbocycles. The number of amides is 2. The number of urea groups is 1. The fourth-order valence-electron chi connectivity index (χ4n) is 3.45. The van der Waals surface area contributed by atoms with E-state index in [0.29, 0.717) is 26.3 Å². The zero-order valence-corrected chi connectivity index (χ0v) is 13.0. The Labute approximate surface area is 126 Å². The SMILES string of the molecule is CCC1c2ccc(C)cc2CCN1C(=O)N1CCOCC1. The van der Waals surface area contributed by atoms with Gasteiger partial charge in [-0.1, -0.05) is 30.7 Å². The predicted octanol–water partition coefficient (Wildman–Crippen LogP) is 2.76. The molecule has 1 aromatic rings. The van der Waals surface area contributed by atoms with Gasteiger partial charge in [-0.05, 0) is 30.9 Å². The molecular formula is C17H24N2O2. The number of benzene rings is 1. The van der Waals surface area contributed by atoms with Gasteiger partial charge in [-0.2, -0.15) is 0 Å². The van der Waals surface area contributed by atoms with Gasteiger partial charge in [0.1, 0.15) is 0 Å². The van der Waals surface area contributed by atoms with E-state index < -0.39 is 0 Å². The van der Waals surface area contributed by atoms with Crippen molar-refractivity contribution in [1.82, 2.24) is 9.80 Å². The van der Waals surface area contributed by atoms with Crippen molar-refractivity contribution in [3.63, 3.8) is 0 Å². The smallest absolute Gasteiger partial charge is 0.320 e.